The second kappa shape index (κ2) is 7.60. The van der Waals surface area contributed by atoms with E-state index in [0.29, 0.717) is 0 Å². The molecule has 34 heavy (non-hydrogen) atoms. The van der Waals surface area contributed by atoms with E-state index in [2.05, 4.69) is 0 Å². The summed E-state index contributed by atoms with van der Waals surface area (Å²) in [5.74, 6) is -14.5. The Balaban J connectivity index is 1.92. The number of amides is 1. The van der Waals surface area contributed by atoms with Crippen molar-refractivity contribution in [1.82, 2.24) is 4.90 Å². The number of nitrogens with two attached hydrogens (primary N) is 1. The number of hydrogen-bond acceptors (Lipinski definition) is 9. The largest absolute Gasteiger partial charge is 0.504 e. The van der Waals surface area contributed by atoms with E-state index in [1.807, 2.05) is 0 Å². The number of phenolic OH excluding ortho intramolecular Hbond substituents is 1. The molecular formula is C23H23FN2O8. The molecule has 6 unspecified atom stereocenters. The minimum absolute atomic E-state index is 0.0702. The summed E-state index contributed by atoms with van der Waals surface area (Å²) in [6.07, 6.45) is -0.256. The summed E-state index contributed by atoms with van der Waals surface area (Å²) < 4.78 is 14.3. The molecule has 2 fully saturated rings. The molecule has 1 aromatic rings. The third kappa shape index (κ3) is 2.93. The SMILES string of the molecule is CC(=O)c1cc(F)c(O)c2c1CC1CC3C(N(C)C)C(=O)C(C(N)=O)C(=O)C3(O)C(=O)C1C2=O. The van der Waals surface area contributed by atoms with E-state index in [-0.39, 0.29) is 24.0 Å². The smallest absolute Gasteiger partial charge is 0.235 e. The zero-order valence-electron chi connectivity index (χ0n) is 18.6. The number of carbonyl (C=O) groups excluding carboxylic acids is 6. The maximum Gasteiger partial charge on any atom is 0.235 e. The summed E-state index contributed by atoms with van der Waals surface area (Å²) in [4.78, 5) is 78.5. The fourth-order valence-electron chi connectivity index (χ4n) is 5.95. The Labute approximate surface area is 192 Å². The summed E-state index contributed by atoms with van der Waals surface area (Å²) >= 11 is 0. The summed E-state index contributed by atoms with van der Waals surface area (Å²) in [5, 5.41) is 21.7. The molecule has 1 aromatic carbocycles. The second-order valence-electron chi connectivity index (χ2n) is 9.45. The molecule has 3 aliphatic carbocycles. The first-order valence-corrected chi connectivity index (χ1v) is 10.6. The van der Waals surface area contributed by atoms with Gasteiger partial charge in [0.05, 0.1) is 17.5 Å². The molecule has 0 spiro atoms. The van der Waals surface area contributed by atoms with Crippen molar-refractivity contribution in [3.63, 3.8) is 0 Å². The number of rotatable bonds is 3. The molecule has 4 rings (SSSR count). The third-order valence-corrected chi connectivity index (χ3v) is 7.39. The summed E-state index contributed by atoms with van der Waals surface area (Å²) in [5.41, 5.74) is 1.79. The van der Waals surface area contributed by atoms with Crippen LogP contribution in [0.5, 0.6) is 5.75 Å². The standard InChI is InChI=1S/C23H23FN2O8/c1-7(27)9-6-12(24)17(28)14-10(9)4-8-5-11-16(26(2)3)19(30)15(22(25)33)21(32)23(11,34)20(31)13(8)18(14)29/h6,8,11,13,15-16,28,34H,4-5H2,1-3H3,(H2,25,33). The number of aliphatic hydroxyl groups is 1. The molecule has 0 bridgehead atoms. The number of ketones is 5. The first-order valence-electron chi connectivity index (χ1n) is 10.6. The Hall–Kier alpha value is -3.31. The van der Waals surface area contributed by atoms with Crippen LogP contribution in [0.1, 0.15) is 39.6 Å². The zero-order chi connectivity index (χ0) is 25.4. The number of primary amides is 1. The van der Waals surface area contributed by atoms with Crippen LogP contribution >= 0.6 is 0 Å². The Morgan fingerprint density at radius 1 is 1.18 bits per heavy atom. The highest BCUT2D eigenvalue weighted by Gasteiger charge is 2.69. The number of aromatic hydroxyl groups is 1. The second-order valence-corrected chi connectivity index (χ2v) is 9.45. The van der Waals surface area contributed by atoms with Crippen molar-refractivity contribution in [1.29, 1.82) is 0 Å². The van der Waals surface area contributed by atoms with Crippen molar-refractivity contribution in [3.05, 3.63) is 28.6 Å². The van der Waals surface area contributed by atoms with Gasteiger partial charge in [-0.25, -0.2) is 4.39 Å². The average molecular weight is 474 g/mol. The van der Waals surface area contributed by atoms with Crippen LogP contribution in [0.15, 0.2) is 6.07 Å². The highest BCUT2D eigenvalue weighted by molar-refractivity contribution is 6.32. The Morgan fingerprint density at radius 3 is 2.32 bits per heavy atom. The fourth-order valence-corrected chi connectivity index (χ4v) is 5.95. The lowest BCUT2D eigenvalue weighted by atomic mass is 9.52. The minimum atomic E-state index is -2.86. The van der Waals surface area contributed by atoms with Gasteiger partial charge in [0.25, 0.3) is 0 Å². The molecular weight excluding hydrogens is 451 g/mol. The Bertz CT molecular complexity index is 1210. The zero-order valence-corrected chi connectivity index (χ0v) is 18.6. The van der Waals surface area contributed by atoms with E-state index in [1.165, 1.54) is 19.0 Å². The van der Waals surface area contributed by atoms with Gasteiger partial charge in [-0.1, -0.05) is 0 Å². The summed E-state index contributed by atoms with van der Waals surface area (Å²) in [6.45, 7) is 1.16. The minimum Gasteiger partial charge on any atom is -0.504 e. The van der Waals surface area contributed by atoms with Gasteiger partial charge in [-0.2, -0.15) is 0 Å². The highest BCUT2D eigenvalue weighted by Crippen LogP contribution is 2.51. The fraction of sp³-hybridized carbons (Fsp3) is 0.478. The maximum atomic E-state index is 14.3. The molecule has 0 saturated heterocycles. The normalized spacial score (nSPS) is 32.8. The Kier molecular flexibility index (Phi) is 5.33. The molecule has 0 radical (unpaired) electrons. The van der Waals surface area contributed by atoms with Gasteiger partial charge in [0.1, 0.15) is 0 Å². The van der Waals surface area contributed by atoms with E-state index in [0.717, 1.165) is 13.0 Å². The van der Waals surface area contributed by atoms with Gasteiger partial charge in [0.15, 0.2) is 52.0 Å². The Morgan fingerprint density at radius 2 is 1.79 bits per heavy atom. The average Bonchev–Trinajstić information content (AvgIpc) is 2.72. The number of halogens is 1. The number of hydrogen-bond donors (Lipinski definition) is 3. The first kappa shape index (κ1) is 23.8. The lowest BCUT2D eigenvalue weighted by Gasteiger charge is -2.52. The van der Waals surface area contributed by atoms with Crippen LogP contribution in [-0.4, -0.2) is 75.7 Å². The molecule has 4 N–H and O–H groups in total. The van der Waals surface area contributed by atoms with E-state index < -0.39 is 87.3 Å². The number of likely N-dealkylation sites (N-methyl/N-ethyl adjacent to an activating group) is 1. The topological polar surface area (TPSA) is 172 Å². The van der Waals surface area contributed by atoms with Gasteiger partial charge in [0.2, 0.25) is 5.91 Å². The highest BCUT2D eigenvalue weighted by atomic mass is 19.1. The van der Waals surface area contributed by atoms with Gasteiger partial charge < -0.3 is 15.9 Å². The lowest BCUT2D eigenvalue weighted by Crippen LogP contribution is -2.74. The predicted octanol–water partition coefficient (Wildman–Crippen LogP) is -0.791. The molecule has 10 nitrogen and oxygen atoms in total. The van der Waals surface area contributed by atoms with Crippen LogP contribution in [0.3, 0.4) is 0 Å². The van der Waals surface area contributed by atoms with Crippen LogP contribution in [0.4, 0.5) is 4.39 Å². The van der Waals surface area contributed by atoms with E-state index in [4.69, 9.17) is 5.73 Å². The van der Waals surface area contributed by atoms with E-state index >= 15 is 0 Å². The van der Waals surface area contributed by atoms with Crippen molar-refractivity contribution in [2.75, 3.05) is 14.1 Å². The molecule has 6 atom stereocenters. The summed E-state index contributed by atoms with van der Waals surface area (Å²) in [6, 6.07) is -0.408. The molecule has 0 aliphatic heterocycles. The molecule has 0 heterocycles. The van der Waals surface area contributed by atoms with Gasteiger partial charge >= 0.3 is 0 Å². The van der Waals surface area contributed by atoms with Gasteiger partial charge in [-0.05, 0) is 51.4 Å². The van der Waals surface area contributed by atoms with Crippen LogP contribution in [0.2, 0.25) is 0 Å². The third-order valence-electron chi connectivity index (χ3n) is 7.39. The molecule has 0 aromatic heterocycles. The van der Waals surface area contributed by atoms with Crippen LogP contribution in [0.25, 0.3) is 0 Å². The number of carbonyl (C=O) groups is 6. The van der Waals surface area contributed by atoms with Gasteiger partial charge in [-0.3, -0.25) is 33.7 Å². The monoisotopic (exact) mass is 474 g/mol. The number of fused-ring (bicyclic) bond motifs is 3. The van der Waals surface area contributed by atoms with E-state index in [1.54, 1.807) is 0 Å². The first-order chi connectivity index (χ1) is 15.7. The quantitative estimate of drug-likeness (QED) is 0.375. The van der Waals surface area contributed by atoms with Crippen LogP contribution < -0.4 is 5.73 Å². The van der Waals surface area contributed by atoms with Crippen molar-refractivity contribution in [2.45, 2.75) is 31.4 Å². The number of nitrogens with zero attached hydrogens (tertiary/aromatic N) is 1. The predicted molar refractivity (Wildman–Crippen MR) is 111 cm³/mol. The van der Waals surface area contributed by atoms with Crippen LogP contribution in [-0.2, 0) is 25.6 Å². The lowest BCUT2D eigenvalue weighted by molar-refractivity contribution is -0.181. The number of phenols is 1. The molecule has 180 valence electrons. The van der Waals surface area contributed by atoms with Crippen LogP contribution in [0, 0.1) is 29.5 Å². The van der Waals surface area contributed by atoms with Gasteiger partial charge in [0, 0.05) is 11.5 Å². The maximum absolute atomic E-state index is 14.3. The van der Waals surface area contributed by atoms with Crippen molar-refractivity contribution in [2.24, 2.45) is 29.4 Å². The van der Waals surface area contributed by atoms with Crippen molar-refractivity contribution >= 4 is 34.8 Å². The van der Waals surface area contributed by atoms with Crippen molar-refractivity contribution in [3.8, 4) is 5.75 Å². The molecule has 3 aliphatic rings. The molecule has 11 heteroatoms. The number of Topliss-reactive ketones (excluding diaryl/α,β-unsaturated/α-hetero) is 5. The van der Waals surface area contributed by atoms with E-state index in [9.17, 15) is 43.4 Å². The van der Waals surface area contributed by atoms with Crippen molar-refractivity contribution < 1.29 is 43.4 Å². The molecule has 1 amide bonds. The van der Waals surface area contributed by atoms with Gasteiger partial charge in [-0.15, -0.1) is 0 Å². The molecule has 2 saturated carbocycles. The number of benzene rings is 1. The summed E-state index contributed by atoms with van der Waals surface area (Å²) in [7, 11) is 2.95.